The second-order valence-corrected chi connectivity index (χ2v) is 3.91. The molecular weight excluding hydrogens is 296 g/mol. The highest BCUT2D eigenvalue weighted by Gasteiger charge is 2.12. The number of rotatable bonds is 4. The zero-order valence-corrected chi connectivity index (χ0v) is 11.0. The van der Waals surface area contributed by atoms with Crippen LogP contribution in [-0.4, -0.2) is 52.5 Å². The molecule has 14 heteroatoms. The van der Waals surface area contributed by atoms with E-state index in [4.69, 9.17) is 10.2 Å². The molecule has 3 heterocycles. The summed E-state index contributed by atoms with van der Waals surface area (Å²) in [6.07, 6.45) is 0. The standard InChI is InChI=1S/C8H12N12O2/c21-1-3-9-5(15-13-3)11-7-17-19-8(20-18-7)12-6-10-4(2-22)14-16-6/h21-22H,1-2H2,(H3,9,11,13,15,17,18)(H3,10,12,14,16,19,20). The van der Waals surface area contributed by atoms with E-state index < -0.39 is 0 Å². The molecule has 22 heavy (non-hydrogen) atoms. The minimum Gasteiger partial charge on any atom is -0.388 e. The van der Waals surface area contributed by atoms with Gasteiger partial charge in [-0.2, -0.15) is 20.2 Å². The summed E-state index contributed by atoms with van der Waals surface area (Å²) in [6.45, 7) is -0.537. The van der Waals surface area contributed by atoms with E-state index in [2.05, 4.69) is 62.1 Å². The number of nitrogens with one attached hydrogen (secondary N) is 6. The maximum atomic E-state index is 8.86. The molecule has 0 aliphatic carbocycles. The molecule has 1 aliphatic heterocycles. The predicted octanol–water partition coefficient (Wildman–Crippen LogP) is -2.83. The van der Waals surface area contributed by atoms with Crippen LogP contribution in [0.25, 0.3) is 0 Å². The van der Waals surface area contributed by atoms with Gasteiger partial charge in [-0.3, -0.25) is 21.5 Å². The Bertz CT molecular complexity index is 641. The van der Waals surface area contributed by atoms with Gasteiger partial charge in [-0.1, -0.05) is 0 Å². The van der Waals surface area contributed by atoms with Crippen molar-refractivity contribution in [2.45, 2.75) is 13.2 Å². The molecule has 0 saturated heterocycles. The Morgan fingerprint density at radius 1 is 0.773 bits per heavy atom. The number of anilines is 2. The molecule has 0 unspecified atom stereocenters. The van der Waals surface area contributed by atoms with Gasteiger partial charge in [0, 0.05) is 0 Å². The summed E-state index contributed by atoms with van der Waals surface area (Å²) in [6, 6.07) is 0. The van der Waals surface area contributed by atoms with Gasteiger partial charge >= 0.3 is 0 Å². The van der Waals surface area contributed by atoms with Crippen molar-refractivity contribution in [3.05, 3.63) is 11.6 Å². The van der Waals surface area contributed by atoms with E-state index in [1.54, 1.807) is 0 Å². The van der Waals surface area contributed by atoms with E-state index in [9.17, 15) is 0 Å². The number of hydrogen-bond donors (Lipinski definition) is 8. The lowest BCUT2D eigenvalue weighted by Gasteiger charge is -2.16. The third kappa shape index (κ3) is 3.07. The summed E-state index contributed by atoms with van der Waals surface area (Å²) in [5.41, 5.74) is 5.44. The molecule has 0 aromatic carbocycles. The Hall–Kier alpha value is -3.26. The Kier molecular flexibility index (Phi) is 3.75. The van der Waals surface area contributed by atoms with E-state index in [1.807, 2.05) is 0 Å². The van der Waals surface area contributed by atoms with Gasteiger partial charge in [-0.05, 0) is 0 Å². The third-order valence-corrected chi connectivity index (χ3v) is 2.37. The van der Waals surface area contributed by atoms with E-state index in [0.29, 0.717) is 11.9 Å². The van der Waals surface area contributed by atoms with Crippen LogP contribution < -0.4 is 21.5 Å². The van der Waals surface area contributed by atoms with Crippen LogP contribution in [0.4, 0.5) is 11.9 Å². The van der Waals surface area contributed by atoms with Crippen molar-refractivity contribution in [2.24, 2.45) is 10.2 Å². The highest BCUT2D eigenvalue weighted by molar-refractivity contribution is 5.99. The summed E-state index contributed by atoms with van der Waals surface area (Å²) in [5, 5.41) is 43.6. The van der Waals surface area contributed by atoms with Crippen LogP contribution in [-0.2, 0) is 13.2 Å². The molecule has 14 nitrogen and oxygen atoms in total. The summed E-state index contributed by atoms with van der Waals surface area (Å²) >= 11 is 0. The summed E-state index contributed by atoms with van der Waals surface area (Å²) < 4.78 is 0. The second-order valence-electron chi connectivity index (χ2n) is 3.91. The summed E-state index contributed by atoms with van der Waals surface area (Å²) in [7, 11) is 0. The van der Waals surface area contributed by atoms with Gasteiger partial charge in [0.1, 0.15) is 13.2 Å². The third-order valence-electron chi connectivity index (χ3n) is 2.37. The molecule has 0 saturated carbocycles. The van der Waals surface area contributed by atoms with Crippen LogP contribution in [0.5, 0.6) is 0 Å². The SMILES string of the molecule is OCc1n[nH]c(NC2=NN=C(Nc3nc(CO)n[nH]3)NN2)n1. The summed E-state index contributed by atoms with van der Waals surface area (Å²) in [4.78, 5) is 7.87. The van der Waals surface area contributed by atoms with Crippen LogP contribution in [0.1, 0.15) is 11.6 Å². The molecular formula is C8H12N12O2. The number of aliphatic hydroxyl groups is 2. The highest BCUT2D eigenvalue weighted by Crippen LogP contribution is 2.00. The number of guanidine groups is 2. The lowest BCUT2D eigenvalue weighted by Crippen LogP contribution is -2.50. The Morgan fingerprint density at radius 2 is 1.23 bits per heavy atom. The second kappa shape index (κ2) is 6.02. The van der Waals surface area contributed by atoms with Crippen molar-refractivity contribution in [3.8, 4) is 0 Å². The highest BCUT2D eigenvalue weighted by atomic mass is 16.3. The molecule has 8 N–H and O–H groups in total. The average Bonchev–Trinajstić information content (AvgIpc) is 3.18. The van der Waals surface area contributed by atoms with Gasteiger partial charge in [0.15, 0.2) is 11.6 Å². The molecule has 116 valence electrons. The number of aromatic nitrogens is 6. The maximum absolute atomic E-state index is 8.86. The zero-order valence-electron chi connectivity index (χ0n) is 11.0. The number of hydrogen-bond acceptors (Lipinski definition) is 12. The first-order chi connectivity index (χ1) is 10.8. The van der Waals surface area contributed by atoms with Crippen molar-refractivity contribution >= 4 is 23.8 Å². The van der Waals surface area contributed by atoms with E-state index in [1.165, 1.54) is 0 Å². The van der Waals surface area contributed by atoms with Crippen LogP contribution in [0.2, 0.25) is 0 Å². The lowest BCUT2D eigenvalue weighted by molar-refractivity contribution is 0.271. The number of aromatic amines is 2. The Balaban J connectivity index is 1.60. The van der Waals surface area contributed by atoms with Crippen LogP contribution in [0, 0.1) is 0 Å². The Labute approximate surface area is 122 Å². The van der Waals surface area contributed by atoms with Gasteiger partial charge < -0.3 is 10.2 Å². The van der Waals surface area contributed by atoms with Gasteiger partial charge in [0.05, 0.1) is 0 Å². The van der Waals surface area contributed by atoms with Gasteiger partial charge in [0.25, 0.3) is 0 Å². The molecule has 1 aliphatic rings. The topological polar surface area (TPSA) is 196 Å². The number of hydrazine groups is 1. The van der Waals surface area contributed by atoms with Crippen LogP contribution in [0.3, 0.4) is 0 Å². The molecule has 2 aromatic heterocycles. The first kappa shape index (κ1) is 13.7. The molecule has 0 bridgehead atoms. The Morgan fingerprint density at radius 3 is 1.55 bits per heavy atom. The maximum Gasteiger partial charge on any atom is 0.242 e. The largest absolute Gasteiger partial charge is 0.388 e. The fraction of sp³-hybridized carbons (Fsp3) is 0.250. The predicted molar refractivity (Wildman–Crippen MR) is 73.0 cm³/mol. The number of nitrogens with zero attached hydrogens (tertiary/aromatic N) is 6. The molecule has 0 fully saturated rings. The van der Waals surface area contributed by atoms with Crippen LogP contribution in [0.15, 0.2) is 10.2 Å². The number of aliphatic hydroxyl groups excluding tert-OH is 2. The molecule has 0 amide bonds. The van der Waals surface area contributed by atoms with E-state index in [0.717, 1.165) is 0 Å². The van der Waals surface area contributed by atoms with Crippen molar-refractivity contribution in [3.63, 3.8) is 0 Å². The quantitative estimate of drug-likeness (QED) is 0.291. The van der Waals surface area contributed by atoms with E-state index >= 15 is 0 Å². The smallest absolute Gasteiger partial charge is 0.242 e. The minimum atomic E-state index is -0.268. The minimum absolute atomic E-state index is 0.253. The van der Waals surface area contributed by atoms with E-state index in [-0.39, 0.29) is 36.8 Å². The van der Waals surface area contributed by atoms with Gasteiger partial charge in [-0.15, -0.1) is 10.2 Å². The fourth-order valence-electron chi connectivity index (χ4n) is 1.45. The molecule has 0 radical (unpaired) electrons. The van der Waals surface area contributed by atoms with Gasteiger partial charge in [0.2, 0.25) is 23.8 Å². The zero-order chi connectivity index (χ0) is 15.4. The average molecular weight is 308 g/mol. The molecule has 0 spiro atoms. The van der Waals surface area contributed by atoms with Gasteiger partial charge in [-0.25, -0.2) is 10.2 Å². The van der Waals surface area contributed by atoms with Crippen molar-refractivity contribution < 1.29 is 10.2 Å². The first-order valence-corrected chi connectivity index (χ1v) is 6.03. The fourth-order valence-corrected chi connectivity index (χ4v) is 1.45. The molecule has 3 rings (SSSR count). The molecule has 0 atom stereocenters. The summed E-state index contributed by atoms with van der Waals surface area (Å²) in [5.74, 6) is 1.63. The lowest BCUT2D eigenvalue weighted by atomic mass is 10.7. The first-order valence-electron chi connectivity index (χ1n) is 6.03. The van der Waals surface area contributed by atoms with Crippen molar-refractivity contribution in [1.29, 1.82) is 0 Å². The van der Waals surface area contributed by atoms with Crippen LogP contribution >= 0.6 is 0 Å². The van der Waals surface area contributed by atoms with Crippen molar-refractivity contribution in [1.82, 2.24) is 41.2 Å². The molecule has 2 aromatic rings. The normalized spacial score (nSPS) is 13.7. The van der Waals surface area contributed by atoms with Crippen molar-refractivity contribution in [2.75, 3.05) is 10.6 Å². The monoisotopic (exact) mass is 308 g/mol. The number of H-pyrrole nitrogens is 2.